The van der Waals surface area contributed by atoms with Crippen LogP contribution in [0.2, 0.25) is 0 Å². The zero-order chi connectivity index (χ0) is 13.0. The second kappa shape index (κ2) is 5.63. The number of aromatic nitrogens is 2. The summed E-state index contributed by atoms with van der Waals surface area (Å²) in [5.41, 5.74) is 0. The first-order chi connectivity index (χ1) is 8.54. The van der Waals surface area contributed by atoms with E-state index in [1.165, 1.54) is 12.8 Å². The molecule has 0 aliphatic heterocycles. The number of imidazole rings is 1. The first-order valence-electron chi connectivity index (χ1n) is 6.39. The third-order valence-corrected chi connectivity index (χ3v) is 3.26. The van der Waals surface area contributed by atoms with Gasteiger partial charge in [0.15, 0.2) is 0 Å². The van der Waals surface area contributed by atoms with E-state index in [9.17, 15) is 13.2 Å². The van der Waals surface area contributed by atoms with Crippen molar-refractivity contribution in [3.63, 3.8) is 0 Å². The van der Waals surface area contributed by atoms with Gasteiger partial charge in [0.05, 0.1) is 0 Å². The Morgan fingerprint density at radius 2 is 2.06 bits per heavy atom. The molecule has 0 bridgehead atoms. The lowest BCUT2D eigenvalue weighted by Gasteiger charge is -2.15. The summed E-state index contributed by atoms with van der Waals surface area (Å²) in [5, 5.41) is 3.31. The Balaban J connectivity index is 1.83. The largest absolute Gasteiger partial charge is 0.389 e. The van der Waals surface area contributed by atoms with Crippen molar-refractivity contribution >= 4 is 5.95 Å². The highest BCUT2D eigenvalue weighted by Gasteiger charge is 2.26. The quantitative estimate of drug-likeness (QED) is 0.878. The Kier molecular flexibility index (Phi) is 4.14. The summed E-state index contributed by atoms with van der Waals surface area (Å²) >= 11 is 0. The van der Waals surface area contributed by atoms with Crippen LogP contribution in [-0.2, 0) is 6.54 Å². The number of hydrogen-bond donors (Lipinski definition) is 1. The van der Waals surface area contributed by atoms with Gasteiger partial charge in [0.2, 0.25) is 5.95 Å². The Morgan fingerprint density at radius 3 is 2.72 bits per heavy atom. The zero-order valence-electron chi connectivity index (χ0n) is 10.2. The van der Waals surface area contributed by atoms with Gasteiger partial charge in [-0.15, -0.1) is 0 Å². The molecule has 1 fully saturated rings. The van der Waals surface area contributed by atoms with Crippen molar-refractivity contribution in [1.29, 1.82) is 0 Å². The molecule has 0 spiro atoms. The Labute approximate surface area is 104 Å². The number of aryl methyl sites for hydroxylation is 1. The number of nitrogens with zero attached hydrogens (tertiary/aromatic N) is 2. The predicted molar refractivity (Wildman–Crippen MR) is 63.4 cm³/mol. The van der Waals surface area contributed by atoms with Crippen molar-refractivity contribution in [1.82, 2.24) is 9.55 Å². The molecule has 1 aromatic heterocycles. The minimum Gasteiger partial charge on any atom is -0.353 e. The Bertz CT molecular complexity index is 367. The van der Waals surface area contributed by atoms with Gasteiger partial charge in [-0.2, -0.15) is 13.2 Å². The molecule has 3 nitrogen and oxygen atoms in total. The zero-order valence-corrected chi connectivity index (χ0v) is 10.2. The summed E-state index contributed by atoms with van der Waals surface area (Å²) in [6.45, 7) is 0.356. The van der Waals surface area contributed by atoms with E-state index in [4.69, 9.17) is 0 Å². The highest BCUT2D eigenvalue weighted by atomic mass is 19.4. The molecule has 0 unspecified atom stereocenters. The summed E-state index contributed by atoms with van der Waals surface area (Å²) in [5.74, 6) is 0.698. The summed E-state index contributed by atoms with van der Waals surface area (Å²) in [4.78, 5) is 4.17. The molecule has 0 radical (unpaired) electrons. The molecule has 1 heterocycles. The van der Waals surface area contributed by atoms with Crippen molar-refractivity contribution < 1.29 is 13.2 Å². The highest BCUT2D eigenvalue weighted by molar-refractivity contribution is 5.27. The molecule has 102 valence electrons. The van der Waals surface area contributed by atoms with Gasteiger partial charge in [-0.3, -0.25) is 0 Å². The predicted octanol–water partition coefficient (Wildman–Crippen LogP) is 3.58. The number of hydrogen-bond acceptors (Lipinski definition) is 2. The smallest absolute Gasteiger partial charge is 0.353 e. The van der Waals surface area contributed by atoms with E-state index in [1.807, 2.05) is 0 Å². The third-order valence-electron chi connectivity index (χ3n) is 3.26. The monoisotopic (exact) mass is 261 g/mol. The van der Waals surface area contributed by atoms with E-state index in [2.05, 4.69) is 10.3 Å². The SMILES string of the molecule is FC(F)(F)CCCn1ccnc1NC1CCCC1. The Hall–Kier alpha value is -1.20. The summed E-state index contributed by atoms with van der Waals surface area (Å²) in [6, 6.07) is 0.425. The Morgan fingerprint density at radius 1 is 1.33 bits per heavy atom. The second-order valence-corrected chi connectivity index (χ2v) is 4.79. The molecule has 1 saturated carbocycles. The van der Waals surface area contributed by atoms with Crippen LogP contribution in [-0.4, -0.2) is 21.8 Å². The maximum absolute atomic E-state index is 12.1. The van der Waals surface area contributed by atoms with E-state index in [1.54, 1.807) is 17.0 Å². The van der Waals surface area contributed by atoms with Gasteiger partial charge in [0.1, 0.15) is 0 Å². The fourth-order valence-corrected chi connectivity index (χ4v) is 2.33. The molecule has 0 amide bonds. The van der Waals surface area contributed by atoms with Crippen LogP contribution in [0.1, 0.15) is 38.5 Å². The topological polar surface area (TPSA) is 29.9 Å². The molecular formula is C12H18F3N3. The van der Waals surface area contributed by atoms with Crippen LogP contribution < -0.4 is 5.32 Å². The van der Waals surface area contributed by atoms with E-state index < -0.39 is 12.6 Å². The first kappa shape index (κ1) is 13.2. The fourth-order valence-electron chi connectivity index (χ4n) is 2.33. The van der Waals surface area contributed by atoms with Crippen molar-refractivity contribution in [2.45, 2.75) is 57.3 Å². The maximum Gasteiger partial charge on any atom is 0.389 e. The molecule has 1 N–H and O–H groups in total. The number of alkyl halides is 3. The minimum absolute atomic E-state index is 0.0964. The first-order valence-corrected chi connectivity index (χ1v) is 6.39. The summed E-state index contributed by atoms with van der Waals surface area (Å²) in [6.07, 6.45) is 3.31. The van der Waals surface area contributed by atoms with Crippen molar-refractivity contribution in [3.8, 4) is 0 Å². The molecule has 1 aliphatic carbocycles. The molecule has 18 heavy (non-hydrogen) atoms. The number of nitrogens with one attached hydrogen (secondary N) is 1. The molecular weight excluding hydrogens is 243 g/mol. The molecule has 0 saturated heterocycles. The van der Waals surface area contributed by atoms with Crippen LogP contribution in [0.4, 0.5) is 19.1 Å². The van der Waals surface area contributed by atoms with Crippen LogP contribution in [0.5, 0.6) is 0 Å². The van der Waals surface area contributed by atoms with Gasteiger partial charge in [-0.05, 0) is 19.3 Å². The number of halogens is 3. The van der Waals surface area contributed by atoms with Gasteiger partial charge in [0.25, 0.3) is 0 Å². The molecule has 1 aliphatic rings. The third kappa shape index (κ3) is 3.92. The fraction of sp³-hybridized carbons (Fsp3) is 0.750. The van der Waals surface area contributed by atoms with Gasteiger partial charge in [-0.1, -0.05) is 12.8 Å². The normalized spacial score (nSPS) is 17.3. The summed E-state index contributed by atoms with van der Waals surface area (Å²) in [7, 11) is 0. The molecule has 6 heteroatoms. The van der Waals surface area contributed by atoms with Crippen molar-refractivity contribution in [2.24, 2.45) is 0 Å². The minimum atomic E-state index is -4.07. The average Bonchev–Trinajstić information content (AvgIpc) is 2.90. The highest BCUT2D eigenvalue weighted by Crippen LogP contribution is 2.24. The van der Waals surface area contributed by atoms with E-state index >= 15 is 0 Å². The van der Waals surface area contributed by atoms with Crippen molar-refractivity contribution in [3.05, 3.63) is 12.4 Å². The van der Waals surface area contributed by atoms with Crippen LogP contribution >= 0.6 is 0 Å². The van der Waals surface area contributed by atoms with Crippen LogP contribution in [0.15, 0.2) is 12.4 Å². The average molecular weight is 261 g/mol. The maximum atomic E-state index is 12.1. The molecule has 1 aromatic rings. The molecule has 0 aromatic carbocycles. The van der Waals surface area contributed by atoms with Crippen LogP contribution in [0.25, 0.3) is 0 Å². The molecule has 2 rings (SSSR count). The van der Waals surface area contributed by atoms with Crippen LogP contribution in [0, 0.1) is 0 Å². The number of anilines is 1. The second-order valence-electron chi connectivity index (χ2n) is 4.79. The van der Waals surface area contributed by atoms with Gasteiger partial charge >= 0.3 is 6.18 Å². The van der Waals surface area contributed by atoms with Gasteiger partial charge in [0, 0.05) is 31.4 Å². The molecule has 0 atom stereocenters. The standard InChI is InChI=1S/C12H18F3N3/c13-12(14,15)6-3-8-18-9-7-16-11(18)17-10-4-1-2-5-10/h7,9-10H,1-6,8H2,(H,16,17). The lowest BCUT2D eigenvalue weighted by Crippen LogP contribution is -2.18. The summed E-state index contributed by atoms with van der Waals surface area (Å²) < 4.78 is 38.0. The van der Waals surface area contributed by atoms with Crippen molar-refractivity contribution in [2.75, 3.05) is 5.32 Å². The van der Waals surface area contributed by atoms with E-state index in [0.717, 1.165) is 12.8 Å². The van der Waals surface area contributed by atoms with Gasteiger partial charge < -0.3 is 9.88 Å². The number of rotatable bonds is 5. The van der Waals surface area contributed by atoms with E-state index in [-0.39, 0.29) is 6.42 Å². The lowest BCUT2D eigenvalue weighted by molar-refractivity contribution is -0.135. The van der Waals surface area contributed by atoms with Gasteiger partial charge in [-0.25, -0.2) is 4.98 Å². The van der Waals surface area contributed by atoms with Crippen LogP contribution in [0.3, 0.4) is 0 Å². The lowest BCUT2D eigenvalue weighted by atomic mass is 10.2. The van der Waals surface area contributed by atoms with E-state index in [0.29, 0.717) is 18.5 Å².